The molecule has 1 aromatic carbocycles. The number of nitrogens with one attached hydrogen (secondary N) is 1. The van der Waals surface area contributed by atoms with E-state index in [4.69, 9.17) is 5.73 Å². The van der Waals surface area contributed by atoms with Crippen LogP contribution in [0.15, 0.2) is 30.3 Å². The van der Waals surface area contributed by atoms with Crippen molar-refractivity contribution in [3.8, 4) is 0 Å². The number of benzene rings is 1. The Labute approximate surface area is 135 Å². The Morgan fingerprint density at radius 2 is 1.86 bits per heavy atom. The van der Waals surface area contributed by atoms with Crippen LogP contribution in [0.3, 0.4) is 0 Å². The second-order valence-electron chi connectivity index (χ2n) is 6.38. The zero-order chi connectivity index (χ0) is 16.3. The molecule has 22 heavy (non-hydrogen) atoms. The lowest BCUT2D eigenvalue weighted by atomic mass is 9.95. The first kappa shape index (κ1) is 16.6. The molecule has 6 heteroatoms. The molecule has 118 valence electrons. The Hall–Kier alpha value is -1.79. The lowest BCUT2D eigenvalue weighted by Crippen LogP contribution is -2.30. The number of hydrogen-bond donors (Lipinski definition) is 2. The second-order valence-corrected chi connectivity index (χ2v) is 7.35. The molecule has 0 spiro atoms. The van der Waals surface area contributed by atoms with Crippen molar-refractivity contribution in [3.63, 3.8) is 0 Å². The smallest absolute Gasteiger partial charge is 0.230 e. The first-order valence-corrected chi connectivity index (χ1v) is 8.06. The van der Waals surface area contributed by atoms with E-state index < -0.39 is 0 Å². The highest BCUT2D eigenvalue weighted by Gasteiger charge is 2.24. The third kappa shape index (κ3) is 3.90. The lowest BCUT2D eigenvalue weighted by molar-refractivity contribution is -0.120. The molecule has 0 radical (unpaired) electrons. The van der Waals surface area contributed by atoms with Crippen molar-refractivity contribution in [2.45, 2.75) is 39.2 Å². The Morgan fingerprint density at radius 3 is 2.41 bits per heavy atom. The largest absolute Gasteiger partial charge is 0.323 e. The molecule has 0 saturated heterocycles. The number of nitrogens with two attached hydrogens (primary N) is 1. The summed E-state index contributed by atoms with van der Waals surface area (Å²) in [5.41, 5.74) is 7.04. The predicted octanol–water partition coefficient (Wildman–Crippen LogP) is 3.11. The highest BCUT2D eigenvalue weighted by atomic mass is 32.1. The summed E-state index contributed by atoms with van der Waals surface area (Å²) in [6.45, 7) is 8.01. The Balaban J connectivity index is 2.04. The molecule has 0 fully saturated rings. The molecule has 3 N–H and O–H groups in total. The van der Waals surface area contributed by atoms with Crippen LogP contribution in [0.1, 0.15) is 44.3 Å². The fraction of sp³-hybridized carbons (Fsp3) is 0.438. The summed E-state index contributed by atoms with van der Waals surface area (Å²) in [5, 5.41) is 12.4. The van der Waals surface area contributed by atoms with Crippen LogP contribution >= 0.6 is 11.3 Å². The van der Waals surface area contributed by atoms with Crippen molar-refractivity contribution in [1.82, 2.24) is 10.2 Å². The highest BCUT2D eigenvalue weighted by Crippen LogP contribution is 2.28. The van der Waals surface area contributed by atoms with Gasteiger partial charge < -0.3 is 11.1 Å². The van der Waals surface area contributed by atoms with Crippen LogP contribution in [0.4, 0.5) is 5.13 Å². The molecule has 1 amide bonds. The lowest BCUT2D eigenvalue weighted by Gasteiger charge is -2.19. The van der Waals surface area contributed by atoms with Gasteiger partial charge in [0.15, 0.2) is 0 Å². The number of carbonyl (C=O) groups excluding carboxylic acids is 1. The van der Waals surface area contributed by atoms with Crippen molar-refractivity contribution in [2.75, 3.05) is 5.32 Å². The molecule has 0 aliphatic carbocycles. The summed E-state index contributed by atoms with van der Waals surface area (Å²) in [6, 6.07) is 9.27. The van der Waals surface area contributed by atoms with Crippen molar-refractivity contribution < 1.29 is 4.79 Å². The molecule has 2 atom stereocenters. The molecule has 0 aliphatic rings. The van der Waals surface area contributed by atoms with E-state index in [2.05, 4.69) is 36.3 Å². The van der Waals surface area contributed by atoms with Crippen molar-refractivity contribution in [1.29, 1.82) is 0 Å². The van der Waals surface area contributed by atoms with Crippen LogP contribution in [0.25, 0.3) is 0 Å². The topological polar surface area (TPSA) is 80.9 Å². The number of nitrogens with zero attached hydrogens (tertiary/aromatic N) is 2. The molecule has 0 aliphatic heterocycles. The van der Waals surface area contributed by atoms with E-state index in [9.17, 15) is 4.79 Å². The second kappa shape index (κ2) is 6.54. The Bertz CT molecular complexity index is 633. The van der Waals surface area contributed by atoms with Gasteiger partial charge in [-0.1, -0.05) is 69.4 Å². The zero-order valence-corrected chi connectivity index (χ0v) is 14.1. The number of hydrogen-bond acceptors (Lipinski definition) is 5. The van der Waals surface area contributed by atoms with Gasteiger partial charge in [0.05, 0.1) is 5.92 Å². The summed E-state index contributed by atoms with van der Waals surface area (Å²) in [4.78, 5) is 12.3. The fourth-order valence-electron chi connectivity index (χ4n) is 1.92. The monoisotopic (exact) mass is 318 g/mol. The minimum atomic E-state index is -0.357. The third-order valence-corrected chi connectivity index (χ3v) is 4.70. The normalized spacial score (nSPS) is 14.4. The van der Waals surface area contributed by atoms with Crippen molar-refractivity contribution in [3.05, 3.63) is 40.9 Å². The Kier molecular flexibility index (Phi) is 4.93. The van der Waals surface area contributed by atoms with Gasteiger partial charge in [0.2, 0.25) is 11.0 Å². The van der Waals surface area contributed by atoms with Crippen LogP contribution in [-0.2, 0) is 10.2 Å². The number of amides is 1. The molecule has 1 aromatic heterocycles. The van der Waals surface area contributed by atoms with Crippen LogP contribution in [-0.4, -0.2) is 16.1 Å². The molecular formula is C16H22N4OS. The van der Waals surface area contributed by atoms with Crippen LogP contribution in [0, 0.1) is 5.92 Å². The molecule has 5 nitrogen and oxygen atoms in total. The quantitative estimate of drug-likeness (QED) is 0.907. The summed E-state index contributed by atoms with van der Waals surface area (Å²) in [6.07, 6.45) is 0. The predicted molar refractivity (Wildman–Crippen MR) is 89.8 cm³/mol. The standard InChI is InChI=1S/C16H22N4OS/c1-10(12(17)11-8-6-5-7-9-11)13(21)18-15-20-19-14(22-15)16(2,3)4/h5-10,12H,17H2,1-4H3,(H,18,20,21). The summed E-state index contributed by atoms with van der Waals surface area (Å²) in [7, 11) is 0. The van der Waals surface area contributed by atoms with Gasteiger partial charge >= 0.3 is 0 Å². The maximum Gasteiger partial charge on any atom is 0.230 e. The molecule has 0 saturated carbocycles. The van der Waals surface area contributed by atoms with Gasteiger partial charge in [-0.15, -0.1) is 10.2 Å². The Morgan fingerprint density at radius 1 is 1.23 bits per heavy atom. The molecule has 2 unspecified atom stereocenters. The van der Waals surface area contributed by atoms with E-state index in [-0.39, 0.29) is 23.3 Å². The molecule has 0 bridgehead atoms. The average molecular weight is 318 g/mol. The summed E-state index contributed by atoms with van der Waals surface area (Å²) >= 11 is 1.40. The SMILES string of the molecule is CC(C(=O)Nc1nnc(C(C)(C)C)s1)C(N)c1ccccc1. The van der Waals surface area contributed by atoms with E-state index in [0.29, 0.717) is 5.13 Å². The zero-order valence-electron chi connectivity index (χ0n) is 13.3. The molecule has 1 heterocycles. The number of rotatable bonds is 4. The van der Waals surface area contributed by atoms with Gasteiger partial charge in [-0.3, -0.25) is 4.79 Å². The number of aromatic nitrogens is 2. The van der Waals surface area contributed by atoms with Crippen molar-refractivity contribution >= 4 is 22.4 Å². The molecular weight excluding hydrogens is 296 g/mol. The van der Waals surface area contributed by atoms with Gasteiger partial charge in [-0.05, 0) is 5.56 Å². The highest BCUT2D eigenvalue weighted by molar-refractivity contribution is 7.15. The third-order valence-electron chi connectivity index (χ3n) is 3.43. The summed E-state index contributed by atoms with van der Waals surface area (Å²) < 4.78 is 0. The van der Waals surface area contributed by atoms with Gasteiger partial charge in [-0.2, -0.15) is 0 Å². The minimum absolute atomic E-state index is 0.0767. The maximum atomic E-state index is 12.3. The summed E-state index contributed by atoms with van der Waals surface area (Å²) in [5.74, 6) is -0.502. The van der Waals surface area contributed by atoms with Gasteiger partial charge in [0.25, 0.3) is 0 Å². The fourth-order valence-corrected chi connectivity index (χ4v) is 2.73. The van der Waals surface area contributed by atoms with Crippen molar-refractivity contribution in [2.24, 2.45) is 11.7 Å². The van der Waals surface area contributed by atoms with E-state index in [0.717, 1.165) is 10.6 Å². The van der Waals surface area contributed by atoms with E-state index in [1.165, 1.54) is 11.3 Å². The first-order valence-electron chi connectivity index (χ1n) is 7.24. The first-order chi connectivity index (χ1) is 10.3. The van der Waals surface area contributed by atoms with E-state index in [1.54, 1.807) is 0 Å². The van der Waals surface area contributed by atoms with Gasteiger partial charge in [-0.25, -0.2) is 0 Å². The molecule has 2 rings (SSSR count). The minimum Gasteiger partial charge on any atom is -0.323 e. The van der Waals surface area contributed by atoms with Gasteiger partial charge in [0, 0.05) is 11.5 Å². The van der Waals surface area contributed by atoms with Crippen LogP contribution < -0.4 is 11.1 Å². The van der Waals surface area contributed by atoms with E-state index >= 15 is 0 Å². The average Bonchev–Trinajstić information content (AvgIpc) is 2.95. The van der Waals surface area contributed by atoms with Gasteiger partial charge in [0.1, 0.15) is 5.01 Å². The van der Waals surface area contributed by atoms with E-state index in [1.807, 2.05) is 37.3 Å². The number of carbonyl (C=O) groups is 1. The van der Waals surface area contributed by atoms with Crippen LogP contribution in [0.5, 0.6) is 0 Å². The van der Waals surface area contributed by atoms with Crippen LogP contribution in [0.2, 0.25) is 0 Å². The number of anilines is 1. The maximum absolute atomic E-state index is 12.3. The molecule has 2 aromatic rings.